The van der Waals surface area contributed by atoms with Gasteiger partial charge in [0.25, 0.3) is 0 Å². The maximum Gasteiger partial charge on any atom is 0.157 e. The van der Waals surface area contributed by atoms with Gasteiger partial charge in [0.1, 0.15) is 5.78 Å². The van der Waals surface area contributed by atoms with E-state index in [2.05, 4.69) is 6.92 Å². The van der Waals surface area contributed by atoms with Crippen LogP contribution in [0.3, 0.4) is 0 Å². The summed E-state index contributed by atoms with van der Waals surface area (Å²) in [6.07, 6.45) is 6.44. The minimum Gasteiger partial charge on any atom is -0.353 e. The van der Waals surface area contributed by atoms with E-state index in [0.717, 1.165) is 38.7 Å². The zero-order valence-electron chi connectivity index (χ0n) is 11.0. The first-order valence-corrected chi connectivity index (χ1v) is 6.94. The summed E-state index contributed by atoms with van der Waals surface area (Å²) >= 11 is 0. The fourth-order valence-corrected chi connectivity index (χ4v) is 2.96. The van der Waals surface area contributed by atoms with Gasteiger partial charge in [-0.15, -0.1) is 0 Å². The molecule has 2 rings (SSSR count). The Bertz CT molecular complexity index is 258. The lowest BCUT2D eigenvalue weighted by molar-refractivity contribution is -0.206. The van der Waals surface area contributed by atoms with E-state index in [9.17, 15) is 4.79 Å². The molecular weight excluding hydrogens is 216 g/mol. The predicted octanol–water partition coefficient (Wildman–Crippen LogP) is 2.92. The number of ether oxygens (including phenoxy) is 2. The number of ketones is 1. The van der Waals surface area contributed by atoms with Crippen LogP contribution < -0.4 is 0 Å². The van der Waals surface area contributed by atoms with Crippen LogP contribution in [0.5, 0.6) is 0 Å². The highest BCUT2D eigenvalue weighted by atomic mass is 16.7. The average molecular weight is 240 g/mol. The average Bonchev–Trinajstić information content (AvgIpc) is 2.30. The number of hydrogen-bond acceptors (Lipinski definition) is 3. The van der Waals surface area contributed by atoms with Crippen LogP contribution in [0.25, 0.3) is 0 Å². The summed E-state index contributed by atoms with van der Waals surface area (Å²) < 4.78 is 11.6. The van der Waals surface area contributed by atoms with Crippen molar-refractivity contribution in [2.24, 2.45) is 11.8 Å². The SMILES string of the molecule is CC(=O)[C@@H]1CC[C@@H](C)C[C@H]1OC1CCCCO1. The Morgan fingerprint density at radius 3 is 2.71 bits per heavy atom. The number of carbonyl (C=O) groups excluding carboxylic acids is 1. The monoisotopic (exact) mass is 240 g/mol. The van der Waals surface area contributed by atoms with Crippen LogP contribution in [0, 0.1) is 11.8 Å². The minimum atomic E-state index is -0.0686. The van der Waals surface area contributed by atoms with Crippen LogP contribution >= 0.6 is 0 Å². The Morgan fingerprint density at radius 2 is 2.06 bits per heavy atom. The van der Waals surface area contributed by atoms with E-state index in [4.69, 9.17) is 9.47 Å². The molecule has 0 aromatic carbocycles. The highest BCUT2D eigenvalue weighted by Gasteiger charge is 2.34. The number of carbonyl (C=O) groups is 1. The van der Waals surface area contributed by atoms with Crippen molar-refractivity contribution in [2.45, 2.75) is 64.8 Å². The van der Waals surface area contributed by atoms with Crippen molar-refractivity contribution in [1.82, 2.24) is 0 Å². The molecule has 1 saturated heterocycles. The van der Waals surface area contributed by atoms with Gasteiger partial charge in [0, 0.05) is 12.5 Å². The standard InChI is InChI=1S/C14H24O3/c1-10-6-7-12(11(2)15)13(9-10)17-14-5-3-4-8-16-14/h10,12-14H,3-9H2,1-2H3/t10-,12+,13-,14?/m1/s1. The van der Waals surface area contributed by atoms with Crippen molar-refractivity contribution in [3.63, 3.8) is 0 Å². The normalized spacial score (nSPS) is 38.9. The molecule has 1 unspecified atom stereocenters. The first-order chi connectivity index (χ1) is 8.16. The molecule has 1 heterocycles. The summed E-state index contributed by atoms with van der Waals surface area (Å²) in [6, 6.07) is 0. The van der Waals surface area contributed by atoms with E-state index in [1.54, 1.807) is 6.92 Å². The molecule has 4 atom stereocenters. The van der Waals surface area contributed by atoms with Gasteiger partial charge in [0.2, 0.25) is 0 Å². The second kappa shape index (κ2) is 5.96. The molecule has 0 aromatic heterocycles. The summed E-state index contributed by atoms with van der Waals surface area (Å²) in [5.41, 5.74) is 0. The first-order valence-electron chi connectivity index (χ1n) is 6.94. The van der Waals surface area contributed by atoms with E-state index in [1.807, 2.05) is 0 Å². The zero-order chi connectivity index (χ0) is 12.3. The third kappa shape index (κ3) is 3.52. The predicted molar refractivity (Wildman–Crippen MR) is 65.7 cm³/mol. The topological polar surface area (TPSA) is 35.5 Å². The van der Waals surface area contributed by atoms with Gasteiger partial charge in [-0.1, -0.05) is 6.92 Å². The highest BCUT2D eigenvalue weighted by molar-refractivity contribution is 5.79. The molecule has 0 N–H and O–H groups in total. The third-order valence-electron chi connectivity index (χ3n) is 4.04. The zero-order valence-corrected chi connectivity index (χ0v) is 11.0. The number of rotatable bonds is 3. The fourth-order valence-electron chi connectivity index (χ4n) is 2.96. The van der Waals surface area contributed by atoms with E-state index >= 15 is 0 Å². The summed E-state index contributed by atoms with van der Waals surface area (Å²) in [6.45, 7) is 4.74. The Labute approximate surface area is 104 Å². The molecule has 17 heavy (non-hydrogen) atoms. The van der Waals surface area contributed by atoms with Gasteiger partial charge in [-0.3, -0.25) is 4.79 Å². The van der Waals surface area contributed by atoms with E-state index in [1.165, 1.54) is 6.42 Å². The summed E-state index contributed by atoms with van der Waals surface area (Å²) in [7, 11) is 0. The van der Waals surface area contributed by atoms with Gasteiger partial charge in [-0.25, -0.2) is 0 Å². The first kappa shape index (κ1) is 13.0. The van der Waals surface area contributed by atoms with Gasteiger partial charge in [0.15, 0.2) is 6.29 Å². The van der Waals surface area contributed by atoms with Crippen LogP contribution in [0.15, 0.2) is 0 Å². The highest BCUT2D eigenvalue weighted by Crippen LogP contribution is 2.33. The molecular formula is C14H24O3. The largest absolute Gasteiger partial charge is 0.353 e. The van der Waals surface area contributed by atoms with E-state index < -0.39 is 0 Å². The van der Waals surface area contributed by atoms with Gasteiger partial charge in [0.05, 0.1) is 6.10 Å². The molecule has 0 radical (unpaired) electrons. The minimum absolute atomic E-state index is 0.0686. The summed E-state index contributed by atoms with van der Waals surface area (Å²) in [5, 5.41) is 0. The van der Waals surface area contributed by atoms with Crippen molar-refractivity contribution in [3.05, 3.63) is 0 Å². The molecule has 1 aliphatic carbocycles. The smallest absolute Gasteiger partial charge is 0.157 e. The van der Waals surface area contributed by atoms with Crippen LogP contribution in [0.1, 0.15) is 52.4 Å². The molecule has 0 amide bonds. The molecule has 3 nitrogen and oxygen atoms in total. The van der Waals surface area contributed by atoms with Gasteiger partial charge < -0.3 is 9.47 Å². The molecule has 0 aromatic rings. The van der Waals surface area contributed by atoms with Crippen LogP contribution in [0.2, 0.25) is 0 Å². The van der Waals surface area contributed by atoms with Gasteiger partial charge >= 0.3 is 0 Å². The fraction of sp³-hybridized carbons (Fsp3) is 0.929. The molecule has 0 bridgehead atoms. The Hall–Kier alpha value is -0.410. The van der Waals surface area contributed by atoms with Crippen molar-refractivity contribution in [1.29, 1.82) is 0 Å². The molecule has 2 fully saturated rings. The maximum atomic E-state index is 11.6. The van der Waals surface area contributed by atoms with Crippen molar-refractivity contribution >= 4 is 5.78 Å². The van der Waals surface area contributed by atoms with Crippen LogP contribution in [-0.4, -0.2) is 24.8 Å². The van der Waals surface area contributed by atoms with Crippen molar-refractivity contribution in [2.75, 3.05) is 6.61 Å². The molecule has 0 spiro atoms. The number of hydrogen-bond donors (Lipinski definition) is 0. The quantitative estimate of drug-likeness (QED) is 0.761. The van der Waals surface area contributed by atoms with Gasteiger partial charge in [-0.05, 0) is 51.4 Å². The van der Waals surface area contributed by atoms with Gasteiger partial charge in [-0.2, -0.15) is 0 Å². The maximum absolute atomic E-state index is 11.6. The summed E-state index contributed by atoms with van der Waals surface area (Å²) in [5.74, 6) is 1.04. The van der Waals surface area contributed by atoms with Crippen LogP contribution in [0.4, 0.5) is 0 Å². The van der Waals surface area contributed by atoms with E-state index in [-0.39, 0.29) is 24.1 Å². The molecule has 3 heteroatoms. The molecule has 98 valence electrons. The lowest BCUT2D eigenvalue weighted by Crippen LogP contribution is -2.39. The Kier molecular flexibility index (Phi) is 4.57. The third-order valence-corrected chi connectivity index (χ3v) is 4.04. The van der Waals surface area contributed by atoms with Crippen LogP contribution in [-0.2, 0) is 14.3 Å². The summed E-state index contributed by atoms with van der Waals surface area (Å²) in [4.78, 5) is 11.6. The molecule has 1 aliphatic heterocycles. The lowest BCUT2D eigenvalue weighted by atomic mass is 9.79. The Balaban J connectivity index is 1.92. The molecule has 2 aliphatic rings. The second-order valence-corrected chi connectivity index (χ2v) is 5.61. The lowest BCUT2D eigenvalue weighted by Gasteiger charge is -2.36. The second-order valence-electron chi connectivity index (χ2n) is 5.61. The van der Waals surface area contributed by atoms with E-state index in [0.29, 0.717) is 5.92 Å². The Morgan fingerprint density at radius 1 is 1.24 bits per heavy atom. The molecule has 1 saturated carbocycles. The number of Topliss-reactive ketones (excluding diaryl/α,β-unsaturated/α-hetero) is 1. The van der Waals surface area contributed by atoms with Crippen molar-refractivity contribution in [3.8, 4) is 0 Å². The van der Waals surface area contributed by atoms with Crippen molar-refractivity contribution < 1.29 is 14.3 Å².